The lowest BCUT2D eigenvalue weighted by Gasteiger charge is -2.23. The second-order valence-electron chi connectivity index (χ2n) is 4.77. The van der Waals surface area contributed by atoms with Crippen molar-refractivity contribution in [3.05, 3.63) is 32.6 Å². The number of hydrogen-bond acceptors (Lipinski definition) is 3. The van der Waals surface area contributed by atoms with Gasteiger partial charge in [0, 0.05) is 25.9 Å². The first kappa shape index (κ1) is 12.1. The predicted octanol–water partition coefficient (Wildman–Crippen LogP) is -0.374. The zero-order valence-electron chi connectivity index (χ0n) is 10.4. The molecule has 94 valence electrons. The van der Waals surface area contributed by atoms with Crippen LogP contribution in [0.3, 0.4) is 0 Å². The Morgan fingerprint density at radius 3 is 2.53 bits per heavy atom. The quantitative estimate of drug-likeness (QED) is 0.763. The minimum Gasteiger partial charge on any atom is -0.317 e. The summed E-state index contributed by atoms with van der Waals surface area (Å²) in [6, 6.07) is 1.59. The average molecular weight is 237 g/mol. The first-order valence-corrected chi connectivity index (χ1v) is 6.06. The van der Waals surface area contributed by atoms with Crippen molar-refractivity contribution in [2.24, 2.45) is 20.0 Å². The van der Waals surface area contributed by atoms with E-state index in [0.717, 1.165) is 42.6 Å². The van der Waals surface area contributed by atoms with Crippen LogP contribution in [0.5, 0.6) is 0 Å². The summed E-state index contributed by atoms with van der Waals surface area (Å²) in [6.07, 6.45) is 3.05. The van der Waals surface area contributed by atoms with E-state index in [1.807, 2.05) is 0 Å². The molecule has 0 atom stereocenters. The molecule has 2 heterocycles. The van der Waals surface area contributed by atoms with Crippen LogP contribution in [0.15, 0.2) is 15.7 Å². The molecule has 17 heavy (non-hydrogen) atoms. The Morgan fingerprint density at radius 1 is 1.24 bits per heavy atom. The summed E-state index contributed by atoms with van der Waals surface area (Å²) in [6.45, 7) is 2.06. The molecule has 5 heteroatoms. The van der Waals surface area contributed by atoms with Crippen LogP contribution >= 0.6 is 0 Å². The lowest BCUT2D eigenvalue weighted by molar-refractivity contribution is 0.365. The minimum absolute atomic E-state index is 0.211. The Morgan fingerprint density at radius 2 is 1.88 bits per heavy atom. The Kier molecular flexibility index (Phi) is 3.47. The zero-order chi connectivity index (χ0) is 12.4. The normalized spacial score (nSPS) is 17.3. The average Bonchev–Trinajstić information content (AvgIpc) is 2.35. The van der Waals surface area contributed by atoms with Gasteiger partial charge in [0.1, 0.15) is 0 Å². The summed E-state index contributed by atoms with van der Waals surface area (Å²) in [7, 11) is 3.25. The van der Waals surface area contributed by atoms with Crippen LogP contribution in [0.4, 0.5) is 0 Å². The summed E-state index contributed by atoms with van der Waals surface area (Å²) in [5.74, 6) is 0.578. The number of aromatic nitrogens is 2. The molecule has 0 saturated carbocycles. The molecule has 0 unspecified atom stereocenters. The van der Waals surface area contributed by atoms with E-state index in [2.05, 4.69) is 5.32 Å². The van der Waals surface area contributed by atoms with Crippen LogP contribution in [-0.2, 0) is 20.5 Å². The molecular weight excluding hydrogens is 218 g/mol. The van der Waals surface area contributed by atoms with Gasteiger partial charge in [-0.3, -0.25) is 9.36 Å². The van der Waals surface area contributed by atoms with Gasteiger partial charge in [-0.25, -0.2) is 4.79 Å². The molecule has 1 aliphatic rings. The molecule has 1 aliphatic heterocycles. The van der Waals surface area contributed by atoms with Crippen molar-refractivity contribution in [2.75, 3.05) is 13.1 Å². The van der Waals surface area contributed by atoms with Gasteiger partial charge in [0.05, 0.1) is 0 Å². The fourth-order valence-electron chi connectivity index (χ4n) is 2.36. The Bertz CT molecular complexity index is 509. The first-order valence-electron chi connectivity index (χ1n) is 6.06. The maximum absolute atomic E-state index is 11.8. The van der Waals surface area contributed by atoms with Crippen molar-refractivity contribution in [3.8, 4) is 0 Å². The second kappa shape index (κ2) is 4.87. The summed E-state index contributed by atoms with van der Waals surface area (Å²) >= 11 is 0. The van der Waals surface area contributed by atoms with E-state index in [4.69, 9.17) is 0 Å². The molecule has 0 aromatic carbocycles. The molecule has 1 fully saturated rings. The monoisotopic (exact) mass is 237 g/mol. The fourth-order valence-corrected chi connectivity index (χ4v) is 2.36. The number of nitrogens with zero attached hydrogens (tertiary/aromatic N) is 2. The van der Waals surface area contributed by atoms with Gasteiger partial charge in [0.2, 0.25) is 0 Å². The van der Waals surface area contributed by atoms with Crippen molar-refractivity contribution < 1.29 is 0 Å². The van der Waals surface area contributed by atoms with E-state index in [-0.39, 0.29) is 11.2 Å². The molecule has 5 nitrogen and oxygen atoms in total. The molecule has 0 aliphatic carbocycles. The Hall–Kier alpha value is -1.36. The number of hydrogen-bond donors (Lipinski definition) is 1. The molecule has 1 N–H and O–H groups in total. The van der Waals surface area contributed by atoms with Gasteiger partial charge in [-0.05, 0) is 38.3 Å². The van der Waals surface area contributed by atoms with E-state index in [1.165, 1.54) is 7.05 Å². The predicted molar refractivity (Wildman–Crippen MR) is 66.2 cm³/mol. The van der Waals surface area contributed by atoms with Gasteiger partial charge in [-0.2, -0.15) is 0 Å². The van der Waals surface area contributed by atoms with E-state index < -0.39 is 0 Å². The van der Waals surface area contributed by atoms with Crippen LogP contribution < -0.4 is 16.6 Å². The van der Waals surface area contributed by atoms with E-state index in [1.54, 1.807) is 17.7 Å². The standard InChI is InChI=1S/C12H19N3O2/c1-14-10(7-9-3-5-13-6-4-9)8-11(16)15(2)12(14)17/h8-9,13H,3-7H2,1-2H3. The summed E-state index contributed by atoms with van der Waals surface area (Å²) in [4.78, 5) is 23.4. The topological polar surface area (TPSA) is 56.0 Å². The van der Waals surface area contributed by atoms with Gasteiger partial charge in [-0.1, -0.05) is 0 Å². The SMILES string of the molecule is Cn1c(CC2CCNCC2)cc(=O)n(C)c1=O. The molecule has 0 spiro atoms. The lowest BCUT2D eigenvalue weighted by atomic mass is 9.93. The zero-order valence-corrected chi connectivity index (χ0v) is 10.4. The van der Waals surface area contributed by atoms with Gasteiger partial charge >= 0.3 is 5.69 Å². The number of nitrogens with one attached hydrogen (secondary N) is 1. The van der Waals surface area contributed by atoms with E-state index >= 15 is 0 Å². The molecule has 0 amide bonds. The Labute approximate surface area is 100 Å². The molecule has 2 rings (SSSR count). The van der Waals surface area contributed by atoms with E-state index in [0.29, 0.717) is 5.92 Å². The highest BCUT2D eigenvalue weighted by Gasteiger charge is 2.16. The number of rotatable bonds is 2. The maximum Gasteiger partial charge on any atom is 0.330 e. The van der Waals surface area contributed by atoms with Crippen molar-refractivity contribution >= 4 is 0 Å². The second-order valence-corrected chi connectivity index (χ2v) is 4.77. The first-order chi connectivity index (χ1) is 8.09. The third-order valence-electron chi connectivity index (χ3n) is 3.58. The van der Waals surface area contributed by atoms with Gasteiger partial charge in [0.15, 0.2) is 0 Å². The third-order valence-corrected chi connectivity index (χ3v) is 3.58. The molecule has 0 radical (unpaired) electrons. The highest BCUT2D eigenvalue weighted by molar-refractivity contribution is 5.03. The van der Waals surface area contributed by atoms with Gasteiger partial charge in [0.25, 0.3) is 5.56 Å². The van der Waals surface area contributed by atoms with Crippen molar-refractivity contribution in [3.63, 3.8) is 0 Å². The van der Waals surface area contributed by atoms with E-state index in [9.17, 15) is 9.59 Å². The molecular formula is C12H19N3O2. The fraction of sp³-hybridized carbons (Fsp3) is 0.667. The smallest absolute Gasteiger partial charge is 0.317 e. The lowest BCUT2D eigenvalue weighted by Crippen LogP contribution is -2.39. The highest BCUT2D eigenvalue weighted by atomic mass is 16.2. The number of piperidine rings is 1. The third kappa shape index (κ3) is 2.49. The summed E-state index contributed by atoms with van der Waals surface area (Å²) in [5, 5.41) is 3.31. The van der Waals surface area contributed by atoms with Crippen molar-refractivity contribution in [1.29, 1.82) is 0 Å². The van der Waals surface area contributed by atoms with Gasteiger partial charge in [-0.15, -0.1) is 0 Å². The molecule has 1 saturated heterocycles. The van der Waals surface area contributed by atoms with Crippen LogP contribution in [0, 0.1) is 5.92 Å². The molecule has 1 aromatic rings. The van der Waals surface area contributed by atoms with Crippen LogP contribution in [0.2, 0.25) is 0 Å². The van der Waals surface area contributed by atoms with Crippen molar-refractivity contribution in [2.45, 2.75) is 19.3 Å². The largest absolute Gasteiger partial charge is 0.330 e. The van der Waals surface area contributed by atoms with Gasteiger partial charge < -0.3 is 9.88 Å². The maximum atomic E-state index is 11.8. The van der Waals surface area contributed by atoms with Crippen molar-refractivity contribution in [1.82, 2.24) is 14.5 Å². The van der Waals surface area contributed by atoms with Crippen LogP contribution in [0.25, 0.3) is 0 Å². The summed E-state index contributed by atoms with van der Waals surface area (Å²) in [5.41, 5.74) is 0.406. The van der Waals surface area contributed by atoms with Crippen LogP contribution in [-0.4, -0.2) is 22.2 Å². The minimum atomic E-state index is -0.235. The molecule has 0 bridgehead atoms. The Balaban J connectivity index is 2.27. The van der Waals surface area contributed by atoms with Crippen LogP contribution in [0.1, 0.15) is 18.5 Å². The summed E-state index contributed by atoms with van der Waals surface area (Å²) < 4.78 is 2.73. The highest BCUT2D eigenvalue weighted by Crippen LogP contribution is 2.16. The molecule has 1 aromatic heterocycles.